The van der Waals surface area contributed by atoms with Gasteiger partial charge < -0.3 is 4.90 Å². The number of carbonyl (C=O) groups excluding carboxylic acids is 1. The predicted molar refractivity (Wildman–Crippen MR) is 78.6 cm³/mol. The van der Waals surface area contributed by atoms with E-state index in [1.54, 1.807) is 18.3 Å². The van der Waals surface area contributed by atoms with E-state index in [0.717, 1.165) is 32.2 Å². The monoisotopic (exact) mass is 308 g/mol. The molecule has 0 aromatic carbocycles. The summed E-state index contributed by atoms with van der Waals surface area (Å²) in [7, 11) is -3.29. The zero-order valence-corrected chi connectivity index (χ0v) is 13.0. The Balaban J connectivity index is 1.85. The molecule has 0 spiro atoms. The number of piperidine rings is 1. The second-order valence-corrected chi connectivity index (χ2v) is 8.04. The van der Waals surface area contributed by atoms with Gasteiger partial charge in [0.25, 0.3) is 0 Å². The van der Waals surface area contributed by atoms with Gasteiger partial charge >= 0.3 is 0 Å². The average Bonchev–Trinajstić information content (AvgIpc) is 3.30. The first-order chi connectivity index (χ1) is 9.97. The predicted octanol–water partition coefficient (Wildman–Crippen LogP) is 1.60. The minimum Gasteiger partial charge on any atom is -0.342 e. The van der Waals surface area contributed by atoms with Crippen molar-refractivity contribution in [2.75, 3.05) is 19.3 Å². The number of pyridine rings is 1. The van der Waals surface area contributed by atoms with E-state index in [4.69, 9.17) is 0 Å². The van der Waals surface area contributed by atoms with E-state index in [1.807, 2.05) is 4.90 Å². The molecule has 0 unspecified atom stereocenters. The molecule has 2 fully saturated rings. The fourth-order valence-electron chi connectivity index (χ4n) is 3.01. The molecule has 3 rings (SSSR count). The Morgan fingerprint density at radius 2 is 2.10 bits per heavy atom. The van der Waals surface area contributed by atoms with Gasteiger partial charge in [-0.1, -0.05) is 0 Å². The summed E-state index contributed by atoms with van der Waals surface area (Å²) in [6.45, 7) is 1.38. The molecule has 0 radical (unpaired) electrons. The van der Waals surface area contributed by atoms with Gasteiger partial charge in [0.2, 0.25) is 5.91 Å². The van der Waals surface area contributed by atoms with Crippen molar-refractivity contribution >= 4 is 15.7 Å². The van der Waals surface area contributed by atoms with E-state index in [2.05, 4.69) is 4.98 Å². The summed E-state index contributed by atoms with van der Waals surface area (Å²) in [5, 5.41) is 0. The molecule has 2 heterocycles. The fourth-order valence-corrected chi connectivity index (χ4v) is 3.94. The van der Waals surface area contributed by atoms with Crippen LogP contribution in [0.4, 0.5) is 0 Å². The van der Waals surface area contributed by atoms with Gasteiger partial charge in [-0.2, -0.15) is 0 Å². The van der Waals surface area contributed by atoms with E-state index < -0.39 is 9.84 Å². The molecule has 0 bridgehead atoms. The molecule has 1 aliphatic heterocycles. The summed E-state index contributed by atoms with van der Waals surface area (Å²) in [6.07, 6.45) is 6.63. The van der Waals surface area contributed by atoms with Crippen LogP contribution in [-0.4, -0.2) is 43.6 Å². The number of nitrogens with zero attached hydrogens (tertiary/aromatic N) is 2. The SMILES string of the molecule is CS(=O)(=O)c1cccnc1[C@H]1CCCN(C(=O)C2CC2)C1. The van der Waals surface area contributed by atoms with Crippen LogP contribution in [0.3, 0.4) is 0 Å². The largest absolute Gasteiger partial charge is 0.342 e. The third-order valence-electron chi connectivity index (χ3n) is 4.25. The highest BCUT2D eigenvalue weighted by molar-refractivity contribution is 7.90. The quantitative estimate of drug-likeness (QED) is 0.850. The van der Waals surface area contributed by atoms with Crippen LogP contribution in [0, 0.1) is 5.92 Å². The highest BCUT2D eigenvalue weighted by Gasteiger charge is 2.36. The number of carbonyl (C=O) groups is 1. The highest BCUT2D eigenvalue weighted by Crippen LogP contribution is 2.35. The Hall–Kier alpha value is -1.43. The minimum absolute atomic E-state index is 0.0207. The normalized spacial score (nSPS) is 23.1. The number of hydrogen-bond donors (Lipinski definition) is 0. The van der Waals surface area contributed by atoms with Gasteiger partial charge in [-0.3, -0.25) is 9.78 Å². The first-order valence-electron chi connectivity index (χ1n) is 7.40. The third kappa shape index (κ3) is 3.10. The average molecular weight is 308 g/mol. The van der Waals surface area contributed by atoms with Crippen molar-refractivity contribution in [1.82, 2.24) is 9.88 Å². The molecule has 21 heavy (non-hydrogen) atoms. The summed E-state index contributed by atoms with van der Waals surface area (Å²) in [4.78, 5) is 18.7. The van der Waals surface area contributed by atoms with Crippen LogP contribution >= 0.6 is 0 Å². The van der Waals surface area contributed by atoms with E-state index >= 15 is 0 Å². The molecule has 2 aliphatic rings. The first-order valence-corrected chi connectivity index (χ1v) is 9.29. The lowest BCUT2D eigenvalue weighted by atomic mass is 9.94. The number of rotatable bonds is 3. The van der Waals surface area contributed by atoms with Gasteiger partial charge in [0, 0.05) is 37.4 Å². The first kappa shape index (κ1) is 14.5. The van der Waals surface area contributed by atoms with Gasteiger partial charge in [-0.25, -0.2) is 8.42 Å². The highest BCUT2D eigenvalue weighted by atomic mass is 32.2. The molecule has 1 saturated carbocycles. The molecule has 1 aliphatic carbocycles. The zero-order valence-electron chi connectivity index (χ0n) is 12.2. The Morgan fingerprint density at radius 3 is 2.76 bits per heavy atom. The molecule has 6 heteroatoms. The minimum atomic E-state index is -3.29. The van der Waals surface area contributed by atoms with Crippen LogP contribution in [-0.2, 0) is 14.6 Å². The lowest BCUT2D eigenvalue weighted by molar-refractivity contribution is -0.133. The van der Waals surface area contributed by atoms with Crippen molar-refractivity contribution in [2.24, 2.45) is 5.92 Å². The van der Waals surface area contributed by atoms with Gasteiger partial charge in [-0.05, 0) is 37.8 Å². The third-order valence-corrected chi connectivity index (χ3v) is 5.39. The van der Waals surface area contributed by atoms with Crippen LogP contribution in [0.5, 0.6) is 0 Å². The van der Waals surface area contributed by atoms with E-state index in [0.29, 0.717) is 17.1 Å². The van der Waals surface area contributed by atoms with Crippen molar-refractivity contribution in [2.45, 2.75) is 36.5 Å². The smallest absolute Gasteiger partial charge is 0.225 e. The molecular weight excluding hydrogens is 288 g/mol. The topological polar surface area (TPSA) is 67.3 Å². The Morgan fingerprint density at radius 1 is 1.33 bits per heavy atom. The molecule has 1 aromatic rings. The molecule has 114 valence electrons. The molecule has 1 atom stereocenters. The maximum atomic E-state index is 12.2. The molecule has 5 nitrogen and oxygen atoms in total. The van der Waals surface area contributed by atoms with Gasteiger partial charge in [0.05, 0.1) is 10.6 Å². The maximum absolute atomic E-state index is 12.2. The van der Waals surface area contributed by atoms with Crippen LogP contribution in [0.2, 0.25) is 0 Å². The zero-order chi connectivity index (χ0) is 15.0. The molecule has 1 aromatic heterocycles. The summed E-state index contributed by atoms with van der Waals surface area (Å²) in [6, 6.07) is 3.26. The van der Waals surface area contributed by atoms with Gasteiger partial charge in [0.15, 0.2) is 9.84 Å². The van der Waals surface area contributed by atoms with Crippen LogP contribution in [0.1, 0.15) is 37.3 Å². The lowest BCUT2D eigenvalue weighted by Gasteiger charge is -2.33. The number of aromatic nitrogens is 1. The molecular formula is C15H20N2O3S. The van der Waals surface area contributed by atoms with Crippen molar-refractivity contribution in [1.29, 1.82) is 0 Å². The summed E-state index contributed by atoms with van der Waals surface area (Å²) in [5.41, 5.74) is 0.619. The van der Waals surface area contributed by atoms with Crippen molar-refractivity contribution < 1.29 is 13.2 Å². The Labute approximate surface area is 125 Å². The standard InChI is InChI=1S/C15H20N2O3S/c1-21(19,20)13-5-2-8-16-14(13)12-4-3-9-17(10-12)15(18)11-6-7-11/h2,5,8,11-12H,3-4,6-7,9-10H2,1H3/t12-/m0/s1. The number of sulfone groups is 1. The van der Waals surface area contributed by atoms with E-state index in [9.17, 15) is 13.2 Å². The second kappa shape index (κ2) is 5.40. The molecule has 1 saturated heterocycles. The lowest BCUT2D eigenvalue weighted by Crippen LogP contribution is -2.40. The van der Waals surface area contributed by atoms with Crippen molar-refractivity contribution in [3.05, 3.63) is 24.0 Å². The number of amides is 1. The number of hydrogen-bond acceptors (Lipinski definition) is 4. The molecule has 1 amide bonds. The Bertz CT molecular complexity index is 653. The van der Waals surface area contributed by atoms with Crippen molar-refractivity contribution in [3.63, 3.8) is 0 Å². The summed E-state index contributed by atoms with van der Waals surface area (Å²) in [5.74, 6) is 0.464. The second-order valence-electron chi connectivity index (χ2n) is 6.06. The maximum Gasteiger partial charge on any atom is 0.225 e. The van der Waals surface area contributed by atoms with Crippen molar-refractivity contribution in [3.8, 4) is 0 Å². The number of likely N-dealkylation sites (tertiary alicyclic amines) is 1. The van der Waals surface area contributed by atoms with Crippen LogP contribution in [0.15, 0.2) is 23.2 Å². The summed E-state index contributed by atoms with van der Waals surface area (Å²) < 4.78 is 23.8. The van der Waals surface area contributed by atoms with Crippen LogP contribution < -0.4 is 0 Å². The van der Waals surface area contributed by atoms with E-state index in [1.165, 1.54) is 6.26 Å². The Kier molecular flexibility index (Phi) is 3.73. The van der Waals surface area contributed by atoms with Gasteiger partial charge in [0.1, 0.15) is 0 Å². The van der Waals surface area contributed by atoms with Gasteiger partial charge in [-0.15, -0.1) is 0 Å². The summed E-state index contributed by atoms with van der Waals surface area (Å²) >= 11 is 0. The molecule has 0 N–H and O–H groups in total. The fraction of sp³-hybridized carbons (Fsp3) is 0.600. The van der Waals surface area contributed by atoms with E-state index in [-0.39, 0.29) is 17.7 Å². The van der Waals surface area contributed by atoms with Crippen LogP contribution in [0.25, 0.3) is 0 Å².